The fourth-order valence-corrected chi connectivity index (χ4v) is 2.30. The highest BCUT2D eigenvalue weighted by Gasteiger charge is 2.35. The molecule has 1 fully saturated rings. The van der Waals surface area contributed by atoms with Gasteiger partial charge in [0.15, 0.2) is 0 Å². The third kappa shape index (κ3) is 3.89. The summed E-state index contributed by atoms with van der Waals surface area (Å²) in [6.45, 7) is 3.80. The molecule has 0 aromatic rings. The summed E-state index contributed by atoms with van der Waals surface area (Å²) in [6.07, 6.45) is 0.524. The van der Waals surface area contributed by atoms with Crippen molar-refractivity contribution >= 4 is 12.1 Å². The van der Waals surface area contributed by atoms with Gasteiger partial charge < -0.3 is 19.9 Å². The van der Waals surface area contributed by atoms with Gasteiger partial charge in [-0.25, -0.2) is 9.59 Å². The van der Waals surface area contributed by atoms with Crippen molar-refractivity contribution in [2.24, 2.45) is 5.92 Å². The minimum absolute atomic E-state index is 0.00467. The second kappa shape index (κ2) is 5.86. The van der Waals surface area contributed by atoms with Crippen LogP contribution in [0.1, 0.15) is 26.7 Å². The average Bonchev–Trinajstić information content (AvgIpc) is 2.23. The first-order chi connectivity index (χ1) is 7.93. The van der Waals surface area contributed by atoms with Crippen LogP contribution in [-0.4, -0.2) is 42.5 Å². The van der Waals surface area contributed by atoms with E-state index in [-0.39, 0.29) is 18.1 Å². The molecule has 0 aromatic carbocycles. The van der Waals surface area contributed by atoms with Gasteiger partial charge in [-0.15, -0.1) is 0 Å². The smallest absolute Gasteiger partial charge is 0.407 e. The Morgan fingerprint density at radius 3 is 2.29 bits per heavy atom. The lowest BCUT2D eigenvalue weighted by atomic mass is 9.86. The Morgan fingerprint density at radius 1 is 1.35 bits per heavy atom. The van der Waals surface area contributed by atoms with Gasteiger partial charge in [0, 0.05) is 0 Å². The van der Waals surface area contributed by atoms with E-state index < -0.39 is 18.1 Å². The fourth-order valence-electron chi connectivity index (χ4n) is 2.30. The minimum Gasteiger partial charge on any atom is -0.480 e. The molecule has 1 unspecified atom stereocenters. The van der Waals surface area contributed by atoms with Crippen LogP contribution in [0.15, 0.2) is 0 Å². The zero-order valence-electron chi connectivity index (χ0n) is 10.3. The van der Waals surface area contributed by atoms with Crippen LogP contribution in [0, 0.1) is 5.92 Å². The molecule has 0 radical (unpaired) electrons. The monoisotopic (exact) mass is 245 g/mol. The van der Waals surface area contributed by atoms with E-state index in [4.69, 9.17) is 9.84 Å². The number of alkyl carbamates (subject to hydrolysis) is 1. The van der Waals surface area contributed by atoms with Gasteiger partial charge in [-0.1, -0.05) is 0 Å². The predicted octanol–water partition coefficient (Wildman–Crippen LogP) is 0.999. The largest absolute Gasteiger partial charge is 0.480 e. The van der Waals surface area contributed by atoms with Crippen molar-refractivity contribution in [2.75, 3.05) is 7.11 Å². The first kappa shape index (κ1) is 13.8. The first-order valence-corrected chi connectivity index (χ1v) is 5.66. The summed E-state index contributed by atoms with van der Waals surface area (Å²) >= 11 is 0. The molecule has 1 aliphatic heterocycles. The SMILES string of the molecule is COC(=O)N[C@H](C(=O)O)C1C[C@@H](C)O[C@@H](C)C1. The van der Waals surface area contributed by atoms with Crippen molar-refractivity contribution in [1.29, 1.82) is 0 Å². The van der Waals surface area contributed by atoms with Crippen LogP contribution in [0.25, 0.3) is 0 Å². The number of hydrogen-bond donors (Lipinski definition) is 2. The van der Waals surface area contributed by atoms with E-state index in [1.807, 2.05) is 13.8 Å². The topological polar surface area (TPSA) is 84.9 Å². The lowest BCUT2D eigenvalue weighted by Crippen LogP contribution is -2.49. The standard InChI is InChI=1S/C11H19NO5/c1-6-4-8(5-7(2)17-6)9(10(13)14)12-11(15)16-3/h6-9H,4-5H2,1-3H3,(H,12,15)(H,13,14)/t6-,7+,8?,9-/m0/s1. The Kier molecular flexibility index (Phi) is 4.74. The molecule has 1 amide bonds. The van der Waals surface area contributed by atoms with Crippen molar-refractivity contribution in [2.45, 2.75) is 44.9 Å². The van der Waals surface area contributed by atoms with Gasteiger partial charge in [0.1, 0.15) is 6.04 Å². The van der Waals surface area contributed by atoms with Gasteiger partial charge in [-0.3, -0.25) is 0 Å². The van der Waals surface area contributed by atoms with E-state index >= 15 is 0 Å². The lowest BCUT2D eigenvalue weighted by Gasteiger charge is -2.35. The molecular weight excluding hydrogens is 226 g/mol. The quantitative estimate of drug-likeness (QED) is 0.774. The van der Waals surface area contributed by atoms with Gasteiger partial charge in [0.2, 0.25) is 0 Å². The Morgan fingerprint density at radius 2 is 1.88 bits per heavy atom. The van der Waals surface area contributed by atoms with E-state index in [9.17, 15) is 9.59 Å². The molecule has 2 N–H and O–H groups in total. The maximum absolute atomic E-state index is 11.2. The normalized spacial score (nSPS) is 30.4. The number of hydrogen-bond acceptors (Lipinski definition) is 4. The molecule has 0 aromatic heterocycles. The molecule has 1 aliphatic rings. The molecule has 6 heteroatoms. The van der Waals surface area contributed by atoms with Crippen LogP contribution in [0.4, 0.5) is 4.79 Å². The number of carboxylic acids is 1. The third-order valence-electron chi connectivity index (χ3n) is 2.93. The second-order valence-electron chi connectivity index (χ2n) is 4.44. The van der Waals surface area contributed by atoms with Crippen molar-refractivity contribution in [3.05, 3.63) is 0 Å². The molecule has 17 heavy (non-hydrogen) atoms. The molecule has 1 saturated heterocycles. The highest BCUT2D eigenvalue weighted by molar-refractivity contribution is 5.80. The molecule has 0 aliphatic carbocycles. The van der Waals surface area contributed by atoms with Crippen LogP contribution in [0.5, 0.6) is 0 Å². The van der Waals surface area contributed by atoms with Gasteiger partial charge in [-0.05, 0) is 32.6 Å². The molecule has 1 heterocycles. The molecule has 98 valence electrons. The van der Waals surface area contributed by atoms with Gasteiger partial charge in [0.05, 0.1) is 19.3 Å². The Labute approximate surface area is 100 Å². The van der Waals surface area contributed by atoms with E-state index in [1.54, 1.807) is 0 Å². The zero-order valence-corrected chi connectivity index (χ0v) is 10.3. The van der Waals surface area contributed by atoms with E-state index in [2.05, 4.69) is 10.1 Å². The van der Waals surface area contributed by atoms with Gasteiger partial charge in [-0.2, -0.15) is 0 Å². The molecule has 4 atom stereocenters. The van der Waals surface area contributed by atoms with Gasteiger partial charge in [0.25, 0.3) is 0 Å². The molecular formula is C11H19NO5. The summed E-state index contributed by atoms with van der Waals surface area (Å²) < 4.78 is 9.97. The number of aliphatic carboxylic acids is 1. The summed E-state index contributed by atoms with van der Waals surface area (Å²) in [6, 6.07) is -0.920. The Hall–Kier alpha value is -1.30. The molecule has 0 saturated carbocycles. The van der Waals surface area contributed by atoms with Crippen molar-refractivity contribution < 1.29 is 24.2 Å². The highest BCUT2D eigenvalue weighted by atomic mass is 16.5. The summed E-state index contributed by atoms with van der Waals surface area (Å²) in [5, 5.41) is 11.5. The first-order valence-electron chi connectivity index (χ1n) is 5.66. The molecule has 6 nitrogen and oxygen atoms in total. The fraction of sp³-hybridized carbons (Fsp3) is 0.818. The maximum atomic E-state index is 11.2. The predicted molar refractivity (Wildman–Crippen MR) is 59.7 cm³/mol. The average molecular weight is 245 g/mol. The van der Waals surface area contributed by atoms with Crippen molar-refractivity contribution in [1.82, 2.24) is 5.32 Å². The number of carbonyl (C=O) groups is 2. The summed E-state index contributed by atoms with van der Waals surface area (Å²) in [4.78, 5) is 22.3. The second-order valence-corrected chi connectivity index (χ2v) is 4.44. The minimum atomic E-state index is -1.04. The molecule has 0 spiro atoms. The van der Waals surface area contributed by atoms with E-state index in [0.29, 0.717) is 12.8 Å². The number of carbonyl (C=O) groups excluding carboxylic acids is 1. The van der Waals surface area contributed by atoms with Crippen molar-refractivity contribution in [3.8, 4) is 0 Å². The summed E-state index contributed by atoms with van der Waals surface area (Å²) in [5.74, 6) is -1.17. The lowest BCUT2D eigenvalue weighted by molar-refractivity contribution is -0.143. The van der Waals surface area contributed by atoms with Crippen LogP contribution < -0.4 is 5.32 Å². The van der Waals surface area contributed by atoms with Crippen LogP contribution in [0.3, 0.4) is 0 Å². The third-order valence-corrected chi connectivity index (χ3v) is 2.93. The molecule has 0 bridgehead atoms. The van der Waals surface area contributed by atoms with Crippen LogP contribution in [-0.2, 0) is 14.3 Å². The number of methoxy groups -OCH3 is 1. The Bertz CT molecular complexity index is 284. The number of amides is 1. The number of rotatable bonds is 3. The summed E-state index contributed by atoms with van der Waals surface area (Å²) in [5.41, 5.74) is 0. The maximum Gasteiger partial charge on any atom is 0.407 e. The van der Waals surface area contributed by atoms with Crippen LogP contribution >= 0.6 is 0 Å². The van der Waals surface area contributed by atoms with E-state index in [1.165, 1.54) is 7.11 Å². The molecule has 1 rings (SSSR count). The summed E-state index contributed by atoms with van der Waals surface area (Å²) in [7, 11) is 1.21. The number of nitrogens with one attached hydrogen (secondary N) is 1. The van der Waals surface area contributed by atoms with Gasteiger partial charge >= 0.3 is 12.1 Å². The Balaban J connectivity index is 2.69. The zero-order chi connectivity index (χ0) is 13.0. The van der Waals surface area contributed by atoms with Crippen LogP contribution in [0.2, 0.25) is 0 Å². The number of carboxylic acid groups (broad SMARTS) is 1. The number of ether oxygens (including phenoxy) is 2. The van der Waals surface area contributed by atoms with E-state index in [0.717, 1.165) is 0 Å². The highest BCUT2D eigenvalue weighted by Crippen LogP contribution is 2.27. The van der Waals surface area contributed by atoms with Crippen molar-refractivity contribution in [3.63, 3.8) is 0 Å².